The van der Waals surface area contributed by atoms with E-state index in [-0.39, 0.29) is 53.6 Å². The van der Waals surface area contributed by atoms with Crippen LogP contribution in [0, 0.1) is 24.2 Å². The van der Waals surface area contributed by atoms with Crippen LogP contribution in [0.2, 0.25) is 5.02 Å². The number of amides is 2. The van der Waals surface area contributed by atoms with Crippen LogP contribution in [0.3, 0.4) is 0 Å². The Kier molecular flexibility index (Phi) is 7.92. The number of aromatic nitrogens is 2. The summed E-state index contributed by atoms with van der Waals surface area (Å²) in [4.78, 5) is 30.1. The lowest BCUT2D eigenvalue weighted by Gasteiger charge is -2.46. The fourth-order valence-electron chi connectivity index (χ4n) is 7.28. The lowest BCUT2D eigenvalue weighted by Crippen LogP contribution is -2.58. The summed E-state index contributed by atoms with van der Waals surface area (Å²) in [6, 6.07) is 11.0. The topological polar surface area (TPSA) is 67.7 Å². The van der Waals surface area contributed by atoms with Crippen molar-refractivity contribution in [3.63, 3.8) is 0 Å². The first kappa shape index (κ1) is 28.6. The van der Waals surface area contributed by atoms with Crippen molar-refractivity contribution in [2.75, 3.05) is 19.7 Å². The van der Waals surface area contributed by atoms with Crippen LogP contribution in [0.15, 0.2) is 30.3 Å². The minimum Gasteiger partial charge on any atom is -0.373 e. The number of ether oxygens (including phenoxy) is 1. The number of carbonyl (C=O) groups is 2. The minimum absolute atomic E-state index is 0. The van der Waals surface area contributed by atoms with Gasteiger partial charge in [0.15, 0.2) is 0 Å². The number of morpholine rings is 1. The van der Waals surface area contributed by atoms with Gasteiger partial charge in [-0.3, -0.25) is 24.1 Å². The number of halogens is 2. The van der Waals surface area contributed by atoms with Gasteiger partial charge in [-0.2, -0.15) is 5.10 Å². The summed E-state index contributed by atoms with van der Waals surface area (Å²) in [6.45, 7) is 7.87. The normalized spacial score (nSPS) is 32.2. The van der Waals surface area contributed by atoms with Gasteiger partial charge >= 0.3 is 0 Å². The number of carbonyl (C=O) groups excluding carboxylic acids is 2. The van der Waals surface area contributed by atoms with Crippen molar-refractivity contribution in [2.24, 2.45) is 24.3 Å². The highest BCUT2D eigenvalue weighted by Crippen LogP contribution is 2.63. The fourth-order valence-corrected chi connectivity index (χ4v) is 7.41. The van der Waals surface area contributed by atoms with Crippen molar-refractivity contribution >= 4 is 35.8 Å². The standard InChI is InChI=1S/C30H39ClN4O3.ClH/c1-18-13-25(32-33(18)4)20-7-11-22(12-8-20)34-15-24(16-35-28(36)26-27(29(35)37)30(26,2)3)38-17-23(34)14-19-5-9-21(31)10-6-19;/h5-6,9-10,13,20,22-24,26-27H,7-8,11-12,14-17H2,1-4H3;1H/t20?,22?,23-,24+,26?,27?;/m0./s1. The highest BCUT2D eigenvalue weighted by atomic mass is 35.5. The predicted molar refractivity (Wildman–Crippen MR) is 153 cm³/mol. The zero-order valence-electron chi connectivity index (χ0n) is 23.3. The molecule has 2 aliphatic heterocycles. The van der Waals surface area contributed by atoms with Crippen molar-refractivity contribution in [1.29, 1.82) is 0 Å². The van der Waals surface area contributed by atoms with E-state index in [1.165, 1.54) is 21.9 Å². The molecule has 6 rings (SSSR count). The van der Waals surface area contributed by atoms with Gasteiger partial charge in [0, 0.05) is 42.3 Å². The van der Waals surface area contributed by atoms with Crippen molar-refractivity contribution < 1.29 is 14.3 Å². The Balaban J connectivity index is 0.00000308. The zero-order chi connectivity index (χ0) is 26.8. The van der Waals surface area contributed by atoms with E-state index in [9.17, 15) is 9.59 Å². The molecule has 4 fully saturated rings. The molecule has 212 valence electrons. The molecule has 4 atom stereocenters. The first-order valence-corrected chi connectivity index (χ1v) is 14.5. The number of imide groups is 1. The van der Waals surface area contributed by atoms with Gasteiger partial charge < -0.3 is 4.74 Å². The third-order valence-electron chi connectivity index (χ3n) is 9.79. The van der Waals surface area contributed by atoms with Crippen LogP contribution in [0.25, 0.3) is 0 Å². The number of nitrogens with zero attached hydrogens (tertiary/aromatic N) is 4. The average Bonchev–Trinajstić information content (AvgIpc) is 3.16. The second kappa shape index (κ2) is 10.8. The maximum atomic E-state index is 13.0. The molecular formula is C30H40Cl2N4O3. The van der Waals surface area contributed by atoms with Gasteiger partial charge in [-0.15, -0.1) is 12.4 Å². The van der Waals surface area contributed by atoms with Crippen molar-refractivity contribution in [3.8, 4) is 0 Å². The summed E-state index contributed by atoms with van der Waals surface area (Å²) in [6.07, 6.45) is 5.22. The van der Waals surface area contributed by atoms with Gasteiger partial charge in [-0.25, -0.2) is 0 Å². The summed E-state index contributed by atoms with van der Waals surface area (Å²) in [5.74, 6) is 0.215. The van der Waals surface area contributed by atoms with E-state index in [0.717, 1.165) is 43.7 Å². The Morgan fingerprint density at radius 3 is 2.28 bits per heavy atom. The summed E-state index contributed by atoms with van der Waals surface area (Å²) in [5, 5.41) is 5.50. The molecule has 7 nitrogen and oxygen atoms in total. The molecule has 0 bridgehead atoms. The number of piperidine rings is 1. The van der Waals surface area contributed by atoms with E-state index in [1.807, 2.05) is 37.7 Å². The monoisotopic (exact) mass is 574 g/mol. The molecule has 3 heterocycles. The highest BCUT2D eigenvalue weighted by Gasteiger charge is 2.72. The molecule has 0 spiro atoms. The van der Waals surface area contributed by atoms with Crippen molar-refractivity contribution in [3.05, 3.63) is 52.3 Å². The zero-order valence-corrected chi connectivity index (χ0v) is 24.9. The third kappa shape index (κ3) is 5.28. The molecule has 2 amide bonds. The molecule has 2 saturated carbocycles. The maximum absolute atomic E-state index is 13.0. The quantitative estimate of drug-likeness (QED) is 0.464. The van der Waals surface area contributed by atoms with Crippen LogP contribution in [-0.4, -0.2) is 69.3 Å². The number of aryl methyl sites for hydroxylation is 2. The molecule has 9 heteroatoms. The summed E-state index contributed by atoms with van der Waals surface area (Å²) < 4.78 is 8.32. The fraction of sp³-hybridized carbons (Fsp3) is 0.633. The molecule has 2 unspecified atom stereocenters. The Morgan fingerprint density at radius 1 is 1.05 bits per heavy atom. The predicted octanol–water partition coefficient (Wildman–Crippen LogP) is 4.78. The van der Waals surface area contributed by atoms with Crippen LogP contribution in [0.4, 0.5) is 0 Å². The van der Waals surface area contributed by atoms with E-state index >= 15 is 0 Å². The minimum atomic E-state index is -0.182. The van der Waals surface area contributed by atoms with E-state index < -0.39 is 0 Å². The SMILES string of the molecule is Cc1cc(C2CCC(N3C[C@H](CN4C(=O)C5C(C4=O)C5(C)C)OC[C@@H]3Cc3ccc(Cl)cc3)CC2)nn1C.Cl. The molecule has 0 radical (unpaired) electrons. The molecular weight excluding hydrogens is 535 g/mol. The number of hydrogen-bond donors (Lipinski definition) is 0. The second-order valence-corrected chi connectivity index (χ2v) is 13.0. The van der Waals surface area contributed by atoms with Gasteiger partial charge in [-0.1, -0.05) is 37.6 Å². The summed E-state index contributed by atoms with van der Waals surface area (Å²) >= 11 is 6.13. The number of hydrogen-bond acceptors (Lipinski definition) is 5. The molecule has 0 N–H and O–H groups in total. The smallest absolute Gasteiger partial charge is 0.233 e. The highest BCUT2D eigenvalue weighted by molar-refractivity contribution is 6.30. The van der Waals surface area contributed by atoms with Crippen LogP contribution in [-0.2, 0) is 27.8 Å². The first-order valence-electron chi connectivity index (χ1n) is 14.1. The van der Waals surface area contributed by atoms with E-state index in [1.54, 1.807) is 0 Å². The van der Waals surface area contributed by atoms with Gasteiger partial charge in [0.25, 0.3) is 0 Å². The molecule has 1 aromatic carbocycles. The lowest BCUT2D eigenvalue weighted by molar-refractivity contribution is -0.148. The molecule has 2 saturated heterocycles. The van der Waals surface area contributed by atoms with Gasteiger partial charge in [0.1, 0.15) is 0 Å². The van der Waals surface area contributed by atoms with Gasteiger partial charge in [0.2, 0.25) is 11.8 Å². The van der Waals surface area contributed by atoms with Crippen LogP contribution in [0.1, 0.15) is 62.4 Å². The Labute approximate surface area is 242 Å². The molecule has 1 aromatic heterocycles. The van der Waals surface area contributed by atoms with Crippen LogP contribution < -0.4 is 0 Å². The van der Waals surface area contributed by atoms with E-state index in [4.69, 9.17) is 21.4 Å². The lowest BCUT2D eigenvalue weighted by atomic mass is 9.82. The third-order valence-corrected chi connectivity index (χ3v) is 10.0. The maximum Gasteiger partial charge on any atom is 0.233 e. The van der Waals surface area contributed by atoms with Crippen molar-refractivity contribution in [1.82, 2.24) is 19.6 Å². The van der Waals surface area contributed by atoms with Gasteiger partial charge in [0.05, 0.1) is 36.8 Å². The van der Waals surface area contributed by atoms with Crippen LogP contribution in [0.5, 0.6) is 0 Å². The number of rotatable bonds is 6. The Bertz CT molecular complexity index is 1180. The summed E-state index contributed by atoms with van der Waals surface area (Å²) in [5.41, 5.74) is 3.48. The van der Waals surface area contributed by atoms with Gasteiger partial charge in [-0.05, 0) is 68.2 Å². The van der Waals surface area contributed by atoms with Crippen molar-refractivity contribution in [2.45, 2.75) is 77.0 Å². The Hall–Kier alpha value is -1.93. The first-order chi connectivity index (χ1) is 18.1. The molecule has 2 aliphatic carbocycles. The molecule has 2 aromatic rings. The molecule has 39 heavy (non-hydrogen) atoms. The average molecular weight is 576 g/mol. The summed E-state index contributed by atoms with van der Waals surface area (Å²) in [7, 11) is 2.01. The second-order valence-electron chi connectivity index (χ2n) is 12.5. The van der Waals surface area contributed by atoms with E-state index in [2.05, 4.69) is 30.0 Å². The number of fused-ring (bicyclic) bond motifs is 1. The molecule has 4 aliphatic rings. The Morgan fingerprint density at radius 2 is 1.69 bits per heavy atom. The van der Waals surface area contributed by atoms with E-state index in [0.29, 0.717) is 25.1 Å². The number of likely N-dealkylation sites (tertiary alicyclic amines) is 1. The number of benzene rings is 1. The largest absolute Gasteiger partial charge is 0.373 e. The van der Waals surface area contributed by atoms with Crippen LogP contribution >= 0.6 is 24.0 Å².